The summed E-state index contributed by atoms with van der Waals surface area (Å²) in [6, 6.07) is 10.0. The Morgan fingerprint density at radius 1 is 1.29 bits per heavy atom. The molecule has 1 amide bonds. The minimum absolute atomic E-state index is 0.0163. The van der Waals surface area contributed by atoms with Gasteiger partial charge in [0.15, 0.2) is 0 Å². The summed E-state index contributed by atoms with van der Waals surface area (Å²) in [5, 5.41) is 14.9. The predicted octanol–water partition coefficient (Wildman–Crippen LogP) is 2.30. The van der Waals surface area contributed by atoms with E-state index in [2.05, 4.69) is 21.4 Å². The summed E-state index contributed by atoms with van der Waals surface area (Å²) in [4.78, 5) is 20.9. The molecule has 1 aromatic carbocycles. The van der Waals surface area contributed by atoms with Crippen LogP contribution in [0.3, 0.4) is 0 Å². The van der Waals surface area contributed by atoms with Gasteiger partial charge in [0.25, 0.3) is 5.91 Å². The molecule has 0 aliphatic heterocycles. The highest BCUT2D eigenvalue weighted by Gasteiger charge is 2.38. The fourth-order valence-electron chi connectivity index (χ4n) is 3.45. The van der Waals surface area contributed by atoms with E-state index in [-0.39, 0.29) is 12.5 Å². The van der Waals surface area contributed by atoms with Crippen molar-refractivity contribution in [2.45, 2.75) is 18.3 Å². The van der Waals surface area contributed by atoms with Gasteiger partial charge in [-0.1, -0.05) is 24.3 Å². The summed E-state index contributed by atoms with van der Waals surface area (Å²) in [5.41, 5.74) is 3.16. The van der Waals surface area contributed by atoms with E-state index in [1.807, 2.05) is 29.6 Å². The number of nitrogens with one attached hydrogen (secondary N) is 1. The highest BCUT2D eigenvalue weighted by atomic mass is 32.1. The van der Waals surface area contributed by atoms with E-state index in [4.69, 9.17) is 0 Å². The molecular weight excluding hydrogens is 322 g/mol. The van der Waals surface area contributed by atoms with Gasteiger partial charge in [0, 0.05) is 12.0 Å². The van der Waals surface area contributed by atoms with Gasteiger partial charge in [0.05, 0.1) is 16.8 Å². The number of nitrogens with zero attached hydrogens (tertiary/aromatic N) is 2. The normalized spacial score (nSPS) is 19.4. The quantitative estimate of drug-likeness (QED) is 0.765. The molecule has 0 radical (unpaired) electrons. The Morgan fingerprint density at radius 2 is 2.17 bits per heavy atom. The van der Waals surface area contributed by atoms with Crippen LogP contribution in [0.4, 0.5) is 0 Å². The maximum atomic E-state index is 12.6. The Balaban J connectivity index is 1.58. The molecule has 1 atom stereocenters. The van der Waals surface area contributed by atoms with Crippen LogP contribution in [0.2, 0.25) is 0 Å². The van der Waals surface area contributed by atoms with Gasteiger partial charge in [-0.25, -0.2) is 9.97 Å². The highest BCUT2D eigenvalue weighted by Crippen LogP contribution is 2.38. The molecule has 5 nitrogen and oxygen atoms in total. The highest BCUT2D eigenvalue weighted by molar-refractivity contribution is 7.17. The Morgan fingerprint density at radius 3 is 3.04 bits per heavy atom. The fourth-order valence-corrected chi connectivity index (χ4v) is 4.28. The summed E-state index contributed by atoms with van der Waals surface area (Å²) in [6.45, 7) is 0.415. The molecule has 122 valence electrons. The van der Waals surface area contributed by atoms with Crippen LogP contribution in [-0.4, -0.2) is 34.1 Å². The zero-order valence-corrected chi connectivity index (χ0v) is 13.8. The van der Waals surface area contributed by atoms with Gasteiger partial charge in [-0.05, 0) is 35.4 Å². The molecule has 0 bridgehead atoms. The summed E-state index contributed by atoms with van der Waals surface area (Å²) < 4.78 is 0.792. The van der Waals surface area contributed by atoms with Crippen molar-refractivity contribution in [1.29, 1.82) is 0 Å². The number of amides is 1. The lowest BCUT2D eigenvalue weighted by Gasteiger charge is -2.28. The van der Waals surface area contributed by atoms with Crippen LogP contribution >= 0.6 is 11.3 Å². The Kier molecular flexibility index (Phi) is 3.78. The average Bonchev–Trinajstić information content (AvgIpc) is 3.25. The number of benzene rings is 1. The number of fused-ring (bicyclic) bond motifs is 2. The van der Waals surface area contributed by atoms with Crippen molar-refractivity contribution in [3.05, 3.63) is 58.9 Å². The number of aliphatic hydroxyl groups excluding tert-OH is 1. The summed E-state index contributed by atoms with van der Waals surface area (Å²) >= 11 is 1.46. The molecule has 24 heavy (non-hydrogen) atoms. The number of carbonyl (C=O) groups is 1. The van der Waals surface area contributed by atoms with E-state index in [1.165, 1.54) is 23.2 Å². The molecule has 1 unspecified atom stereocenters. The van der Waals surface area contributed by atoms with E-state index < -0.39 is 5.41 Å². The van der Waals surface area contributed by atoms with Crippen molar-refractivity contribution < 1.29 is 9.90 Å². The van der Waals surface area contributed by atoms with Crippen LogP contribution in [0.5, 0.6) is 0 Å². The van der Waals surface area contributed by atoms with Crippen molar-refractivity contribution in [3.63, 3.8) is 0 Å². The van der Waals surface area contributed by atoms with Gasteiger partial charge < -0.3 is 10.4 Å². The third-order valence-corrected chi connectivity index (χ3v) is 5.72. The van der Waals surface area contributed by atoms with Crippen molar-refractivity contribution >= 4 is 27.5 Å². The second-order valence-electron chi connectivity index (χ2n) is 6.14. The van der Waals surface area contributed by atoms with Crippen molar-refractivity contribution in [2.75, 3.05) is 13.2 Å². The van der Waals surface area contributed by atoms with Gasteiger partial charge in [-0.2, -0.15) is 0 Å². The Labute approximate surface area is 143 Å². The van der Waals surface area contributed by atoms with Crippen LogP contribution < -0.4 is 5.32 Å². The Bertz CT molecular complexity index is 908. The number of carbonyl (C=O) groups excluding carboxylic acids is 1. The molecular formula is C18H17N3O2S. The molecule has 3 aromatic rings. The van der Waals surface area contributed by atoms with Gasteiger partial charge in [-0.3, -0.25) is 4.79 Å². The SMILES string of the molecule is O=C(NCC1(CO)CCc2ccccc21)c1ncnc2ccsc12. The average molecular weight is 339 g/mol. The lowest BCUT2D eigenvalue weighted by Crippen LogP contribution is -2.42. The van der Waals surface area contributed by atoms with Crippen molar-refractivity contribution in [2.24, 2.45) is 0 Å². The molecule has 2 N–H and O–H groups in total. The standard InChI is InChI=1S/C18H17N3O2S/c22-10-18(7-5-12-3-1-2-4-13(12)18)9-19-17(23)15-16-14(6-8-24-16)20-11-21-15/h1-4,6,8,11,22H,5,7,9-10H2,(H,19,23). The summed E-state index contributed by atoms with van der Waals surface area (Å²) in [6.07, 6.45) is 3.17. The molecule has 2 aromatic heterocycles. The number of rotatable bonds is 4. The fraction of sp³-hybridized carbons (Fsp3) is 0.278. The van der Waals surface area contributed by atoms with E-state index in [0.717, 1.165) is 28.6 Å². The smallest absolute Gasteiger partial charge is 0.271 e. The van der Waals surface area contributed by atoms with Gasteiger partial charge in [0.2, 0.25) is 0 Å². The number of aryl methyl sites for hydroxylation is 1. The lowest BCUT2D eigenvalue weighted by molar-refractivity contribution is 0.0927. The van der Waals surface area contributed by atoms with Crippen LogP contribution in [0.1, 0.15) is 28.0 Å². The topological polar surface area (TPSA) is 75.1 Å². The van der Waals surface area contributed by atoms with Crippen molar-refractivity contribution in [1.82, 2.24) is 15.3 Å². The Hall–Kier alpha value is -2.31. The number of thiophene rings is 1. The van der Waals surface area contributed by atoms with E-state index in [9.17, 15) is 9.90 Å². The number of hydrogen-bond donors (Lipinski definition) is 2. The van der Waals surface area contributed by atoms with E-state index in [0.29, 0.717) is 12.2 Å². The third kappa shape index (κ3) is 2.39. The molecule has 0 fully saturated rings. The second kappa shape index (κ2) is 5.96. The number of aromatic nitrogens is 2. The first kappa shape index (κ1) is 15.2. The maximum absolute atomic E-state index is 12.6. The molecule has 0 saturated heterocycles. The first-order chi connectivity index (χ1) is 11.7. The van der Waals surface area contributed by atoms with Crippen LogP contribution in [-0.2, 0) is 11.8 Å². The molecule has 0 spiro atoms. The zero-order valence-electron chi connectivity index (χ0n) is 13.0. The van der Waals surface area contributed by atoms with E-state index in [1.54, 1.807) is 0 Å². The number of hydrogen-bond acceptors (Lipinski definition) is 5. The largest absolute Gasteiger partial charge is 0.395 e. The molecule has 4 rings (SSSR count). The minimum atomic E-state index is -0.409. The first-order valence-electron chi connectivity index (χ1n) is 7.89. The van der Waals surface area contributed by atoms with E-state index >= 15 is 0 Å². The van der Waals surface area contributed by atoms with Crippen LogP contribution in [0.25, 0.3) is 10.2 Å². The minimum Gasteiger partial charge on any atom is -0.395 e. The monoisotopic (exact) mass is 339 g/mol. The van der Waals surface area contributed by atoms with Gasteiger partial charge in [-0.15, -0.1) is 11.3 Å². The van der Waals surface area contributed by atoms with Crippen LogP contribution in [0, 0.1) is 0 Å². The van der Waals surface area contributed by atoms with Gasteiger partial charge >= 0.3 is 0 Å². The molecule has 0 saturated carbocycles. The first-order valence-corrected chi connectivity index (χ1v) is 8.77. The van der Waals surface area contributed by atoms with Crippen LogP contribution in [0.15, 0.2) is 42.0 Å². The summed E-state index contributed by atoms with van der Waals surface area (Å²) in [5.74, 6) is -0.220. The second-order valence-corrected chi connectivity index (χ2v) is 7.05. The molecule has 1 aliphatic carbocycles. The lowest BCUT2D eigenvalue weighted by atomic mass is 9.82. The third-order valence-electron chi connectivity index (χ3n) is 4.81. The maximum Gasteiger partial charge on any atom is 0.271 e. The number of aliphatic hydroxyl groups is 1. The zero-order chi connectivity index (χ0) is 16.6. The molecule has 6 heteroatoms. The van der Waals surface area contributed by atoms with Crippen molar-refractivity contribution in [3.8, 4) is 0 Å². The molecule has 2 heterocycles. The predicted molar refractivity (Wildman–Crippen MR) is 93.3 cm³/mol. The molecule has 1 aliphatic rings. The summed E-state index contributed by atoms with van der Waals surface area (Å²) in [7, 11) is 0. The van der Waals surface area contributed by atoms with Gasteiger partial charge in [0.1, 0.15) is 12.0 Å².